The fraction of sp³-hybridized carbons (Fsp3) is 0.600. The van der Waals surface area contributed by atoms with Crippen molar-refractivity contribution in [3.63, 3.8) is 0 Å². The molecule has 1 aromatic carbocycles. The highest BCUT2D eigenvalue weighted by molar-refractivity contribution is 5.49. The second-order valence-electron chi connectivity index (χ2n) is 5.12. The topological polar surface area (TPSA) is 43.7 Å². The van der Waals surface area contributed by atoms with E-state index in [1.807, 2.05) is 12.1 Å². The molecule has 1 fully saturated rings. The molecule has 1 saturated carbocycles. The van der Waals surface area contributed by atoms with Crippen molar-refractivity contribution in [1.82, 2.24) is 0 Å². The summed E-state index contributed by atoms with van der Waals surface area (Å²) in [6.07, 6.45) is 4.60. The van der Waals surface area contributed by atoms with Crippen molar-refractivity contribution in [3.8, 4) is 0 Å². The summed E-state index contributed by atoms with van der Waals surface area (Å²) in [5.74, 6) is 0. The number of rotatable bonds is 5. The number of hydrogen-bond acceptors (Lipinski definition) is 3. The van der Waals surface area contributed by atoms with Gasteiger partial charge in [-0.2, -0.15) is 0 Å². The van der Waals surface area contributed by atoms with Crippen LogP contribution in [0.2, 0.25) is 0 Å². The number of anilines is 1. The summed E-state index contributed by atoms with van der Waals surface area (Å²) in [6.45, 7) is 2.66. The van der Waals surface area contributed by atoms with Crippen LogP contribution in [0, 0.1) is 0 Å². The molecule has 0 amide bonds. The van der Waals surface area contributed by atoms with Crippen molar-refractivity contribution in [2.24, 2.45) is 0 Å². The summed E-state index contributed by atoms with van der Waals surface area (Å²) < 4.78 is 0. The Morgan fingerprint density at radius 2 is 1.83 bits per heavy atom. The Hall–Kier alpha value is -1.06. The first-order valence-electron chi connectivity index (χ1n) is 6.88. The smallest absolute Gasteiger partial charge is 0.0761 e. The largest absolute Gasteiger partial charge is 0.395 e. The summed E-state index contributed by atoms with van der Waals surface area (Å²) in [5.41, 5.74) is 2.09. The van der Waals surface area contributed by atoms with E-state index in [9.17, 15) is 10.2 Å². The van der Waals surface area contributed by atoms with Crippen molar-refractivity contribution < 1.29 is 10.2 Å². The van der Waals surface area contributed by atoms with Crippen LogP contribution >= 0.6 is 0 Å². The van der Waals surface area contributed by atoms with E-state index in [0.717, 1.165) is 11.3 Å². The molecule has 1 aromatic rings. The highest BCUT2D eigenvalue weighted by Gasteiger charge is 2.22. The Kier molecular flexibility index (Phi) is 4.61. The molecule has 1 aliphatic rings. The molecular formula is C15H23NO2. The molecule has 2 rings (SSSR count). The summed E-state index contributed by atoms with van der Waals surface area (Å²) in [4.78, 5) is 2.30. The first-order valence-corrected chi connectivity index (χ1v) is 6.88. The van der Waals surface area contributed by atoms with Gasteiger partial charge in [0, 0.05) is 18.3 Å². The van der Waals surface area contributed by atoms with E-state index in [-0.39, 0.29) is 6.61 Å². The fourth-order valence-electron chi connectivity index (χ4n) is 2.79. The standard InChI is InChI=1S/C15H23NO2/c1-12(18)13-6-8-15(9-7-13)16(10-11-17)14-4-2-3-5-14/h6-9,12,14,17-18H,2-5,10-11H2,1H3/t12-/m1/s1. The number of hydrogen-bond donors (Lipinski definition) is 2. The Morgan fingerprint density at radius 1 is 1.22 bits per heavy atom. The molecule has 18 heavy (non-hydrogen) atoms. The molecule has 0 spiro atoms. The van der Waals surface area contributed by atoms with Crippen LogP contribution < -0.4 is 4.90 Å². The second-order valence-corrected chi connectivity index (χ2v) is 5.12. The van der Waals surface area contributed by atoms with Crippen molar-refractivity contribution >= 4 is 5.69 Å². The summed E-state index contributed by atoms with van der Waals surface area (Å²) in [7, 11) is 0. The van der Waals surface area contributed by atoms with Gasteiger partial charge < -0.3 is 15.1 Å². The normalized spacial score (nSPS) is 17.9. The third-order valence-electron chi connectivity index (χ3n) is 3.81. The van der Waals surface area contributed by atoms with Crippen LogP contribution in [0.5, 0.6) is 0 Å². The third kappa shape index (κ3) is 3.03. The predicted molar refractivity (Wildman–Crippen MR) is 73.8 cm³/mol. The maximum absolute atomic E-state index is 9.51. The minimum atomic E-state index is -0.420. The molecule has 2 N–H and O–H groups in total. The minimum absolute atomic E-state index is 0.189. The van der Waals surface area contributed by atoms with Crippen LogP contribution in [-0.4, -0.2) is 29.4 Å². The Labute approximate surface area is 109 Å². The molecule has 0 saturated heterocycles. The van der Waals surface area contributed by atoms with Gasteiger partial charge in [-0.15, -0.1) is 0 Å². The third-order valence-corrected chi connectivity index (χ3v) is 3.81. The lowest BCUT2D eigenvalue weighted by atomic mass is 10.1. The van der Waals surface area contributed by atoms with Gasteiger partial charge in [0.15, 0.2) is 0 Å². The van der Waals surface area contributed by atoms with Gasteiger partial charge in [0.05, 0.1) is 12.7 Å². The molecule has 0 unspecified atom stereocenters. The molecule has 0 aliphatic heterocycles. The van der Waals surface area contributed by atoms with E-state index < -0.39 is 6.10 Å². The van der Waals surface area contributed by atoms with E-state index in [1.165, 1.54) is 25.7 Å². The number of benzene rings is 1. The molecule has 0 bridgehead atoms. The van der Waals surface area contributed by atoms with Crippen LogP contribution in [0.1, 0.15) is 44.3 Å². The number of aliphatic hydroxyl groups excluding tert-OH is 2. The summed E-state index contributed by atoms with van der Waals surface area (Å²) >= 11 is 0. The zero-order chi connectivity index (χ0) is 13.0. The first kappa shape index (κ1) is 13.4. The van der Waals surface area contributed by atoms with Gasteiger partial charge in [0.1, 0.15) is 0 Å². The second kappa shape index (κ2) is 6.21. The van der Waals surface area contributed by atoms with Crippen LogP contribution in [0.15, 0.2) is 24.3 Å². The average molecular weight is 249 g/mol. The van der Waals surface area contributed by atoms with Gasteiger partial charge in [-0.25, -0.2) is 0 Å². The van der Waals surface area contributed by atoms with Crippen LogP contribution in [0.3, 0.4) is 0 Å². The number of nitrogens with zero attached hydrogens (tertiary/aromatic N) is 1. The highest BCUT2D eigenvalue weighted by atomic mass is 16.3. The van der Waals surface area contributed by atoms with Gasteiger partial charge >= 0.3 is 0 Å². The van der Waals surface area contributed by atoms with E-state index in [2.05, 4.69) is 17.0 Å². The maximum Gasteiger partial charge on any atom is 0.0761 e. The van der Waals surface area contributed by atoms with Crippen molar-refractivity contribution in [1.29, 1.82) is 0 Å². The van der Waals surface area contributed by atoms with Gasteiger partial charge in [-0.05, 0) is 37.5 Å². The summed E-state index contributed by atoms with van der Waals surface area (Å²) in [6, 6.07) is 8.61. The van der Waals surface area contributed by atoms with Gasteiger partial charge in [-0.1, -0.05) is 25.0 Å². The Morgan fingerprint density at radius 3 is 2.33 bits per heavy atom. The SMILES string of the molecule is C[C@@H](O)c1ccc(N(CCO)C2CCCC2)cc1. The van der Waals surface area contributed by atoms with E-state index >= 15 is 0 Å². The van der Waals surface area contributed by atoms with Crippen LogP contribution in [0.4, 0.5) is 5.69 Å². The lowest BCUT2D eigenvalue weighted by Gasteiger charge is -2.30. The van der Waals surface area contributed by atoms with Gasteiger partial charge in [0.25, 0.3) is 0 Å². The quantitative estimate of drug-likeness (QED) is 0.842. The summed E-state index contributed by atoms with van der Waals surface area (Å²) in [5, 5.41) is 18.7. The van der Waals surface area contributed by atoms with Crippen molar-refractivity contribution in [3.05, 3.63) is 29.8 Å². The highest BCUT2D eigenvalue weighted by Crippen LogP contribution is 2.28. The molecule has 0 radical (unpaired) electrons. The Bertz CT molecular complexity index is 355. The lowest BCUT2D eigenvalue weighted by Crippen LogP contribution is -2.35. The Balaban J connectivity index is 2.14. The lowest BCUT2D eigenvalue weighted by molar-refractivity contribution is 0.199. The predicted octanol–water partition coefficient (Wildman–Crippen LogP) is 2.48. The van der Waals surface area contributed by atoms with Crippen molar-refractivity contribution in [2.45, 2.75) is 44.8 Å². The zero-order valence-corrected chi connectivity index (χ0v) is 11.0. The maximum atomic E-state index is 9.51. The minimum Gasteiger partial charge on any atom is -0.395 e. The van der Waals surface area contributed by atoms with Crippen LogP contribution in [-0.2, 0) is 0 Å². The van der Waals surface area contributed by atoms with E-state index in [4.69, 9.17) is 0 Å². The zero-order valence-electron chi connectivity index (χ0n) is 11.0. The molecule has 3 heteroatoms. The van der Waals surface area contributed by atoms with Gasteiger partial charge in [0.2, 0.25) is 0 Å². The fourth-order valence-corrected chi connectivity index (χ4v) is 2.79. The molecule has 1 aliphatic carbocycles. The number of aliphatic hydroxyl groups is 2. The molecule has 1 atom stereocenters. The molecule has 3 nitrogen and oxygen atoms in total. The van der Waals surface area contributed by atoms with Gasteiger partial charge in [-0.3, -0.25) is 0 Å². The van der Waals surface area contributed by atoms with Crippen LogP contribution in [0.25, 0.3) is 0 Å². The van der Waals surface area contributed by atoms with E-state index in [0.29, 0.717) is 12.6 Å². The molecule has 0 aromatic heterocycles. The molecule has 100 valence electrons. The molecular weight excluding hydrogens is 226 g/mol. The molecule has 0 heterocycles. The average Bonchev–Trinajstić information content (AvgIpc) is 2.90. The van der Waals surface area contributed by atoms with Crippen molar-refractivity contribution in [2.75, 3.05) is 18.1 Å². The first-order chi connectivity index (χ1) is 8.72. The van der Waals surface area contributed by atoms with E-state index in [1.54, 1.807) is 6.92 Å². The monoisotopic (exact) mass is 249 g/mol.